The summed E-state index contributed by atoms with van der Waals surface area (Å²) >= 11 is 0. The zero-order valence-corrected chi connectivity index (χ0v) is 11.9. The Morgan fingerprint density at radius 3 is 2.90 bits per heavy atom. The summed E-state index contributed by atoms with van der Waals surface area (Å²) in [5, 5.41) is 0. The number of esters is 1. The van der Waals surface area contributed by atoms with Crippen LogP contribution in [0.4, 0.5) is 5.82 Å². The van der Waals surface area contributed by atoms with E-state index in [2.05, 4.69) is 9.88 Å². The number of ether oxygens (including phenoxy) is 2. The monoisotopic (exact) mass is 282 g/mol. The molecule has 0 aliphatic carbocycles. The van der Waals surface area contributed by atoms with Gasteiger partial charge in [0.1, 0.15) is 5.82 Å². The molecule has 2 heterocycles. The van der Waals surface area contributed by atoms with Gasteiger partial charge in [-0.1, -0.05) is 0 Å². The molecule has 20 heavy (non-hydrogen) atoms. The van der Waals surface area contributed by atoms with Gasteiger partial charge in [0.05, 0.1) is 26.1 Å². The average molecular weight is 282 g/mol. The molecule has 0 saturated carbocycles. The maximum Gasteiger partial charge on any atom is 0.360 e. The van der Waals surface area contributed by atoms with Crippen molar-refractivity contribution in [2.24, 2.45) is 0 Å². The van der Waals surface area contributed by atoms with Crippen molar-refractivity contribution in [2.75, 3.05) is 45.2 Å². The Hall–Kier alpha value is -1.60. The summed E-state index contributed by atoms with van der Waals surface area (Å²) in [5.74, 6) is -0.0812. The molecule has 1 saturated heterocycles. The quantitative estimate of drug-likeness (QED) is 0.759. The predicted octanol–water partition coefficient (Wildman–Crippen LogP) is 0.364. The van der Waals surface area contributed by atoms with Crippen LogP contribution >= 0.6 is 0 Å². The number of hydrogen-bond donors (Lipinski definition) is 1. The lowest BCUT2D eigenvalue weighted by molar-refractivity contribution is 0.0369. The summed E-state index contributed by atoms with van der Waals surface area (Å²) in [7, 11) is 0. The highest BCUT2D eigenvalue weighted by Crippen LogP contribution is 2.12. The SMILES string of the molecule is CCOC(=O)c1ncn(CCCN2CCOCC2)c1N. The molecule has 1 fully saturated rings. The molecule has 1 aliphatic heterocycles. The summed E-state index contributed by atoms with van der Waals surface area (Å²) in [6.07, 6.45) is 2.56. The predicted molar refractivity (Wildman–Crippen MR) is 74.5 cm³/mol. The van der Waals surface area contributed by atoms with Crippen LogP contribution in [0.25, 0.3) is 0 Å². The lowest BCUT2D eigenvalue weighted by Crippen LogP contribution is -2.37. The molecule has 1 aliphatic rings. The molecule has 2 N–H and O–H groups in total. The number of hydrogen-bond acceptors (Lipinski definition) is 6. The minimum atomic E-state index is -0.461. The van der Waals surface area contributed by atoms with E-state index in [4.69, 9.17) is 15.2 Å². The van der Waals surface area contributed by atoms with Gasteiger partial charge in [-0.25, -0.2) is 9.78 Å². The molecule has 7 nitrogen and oxygen atoms in total. The second-order valence-corrected chi connectivity index (χ2v) is 4.70. The zero-order valence-electron chi connectivity index (χ0n) is 11.9. The van der Waals surface area contributed by atoms with Crippen molar-refractivity contribution in [3.05, 3.63) is 12.0 Å². The second kappa shape index (κ2) is 7.25. The Morgan fingerprint density at radius 2 is 2.20 bits per heavy atom. The van der Waals surface area contributed by atoms with Crippen molar-refractivity contribution in [1.29, 1.82) is 0 Å². The highest BCUT2D eigenvalue weighted by Gasteiger charge is 2.17. The Bertz CT molecular complexity index is 441. The number of imidazole rings is 1. The van der Waals surface area contributed by atoms with E-state index in [1.54, 1.807) is 17.8 Å². The number of carbonyl (C=O) groups is 1. The lowest BCUT2D eigenvalue weighted by atomic mass is 10.3. The van der Waals surface area contributed by atoms with E-state index < -0.39 is 5.97 Å². The molecule has 0 bridgehead atoms. The zero-order chi connectivity index (χ0) is 14.4. The molecule has 0 unspecified atom stereocenters. The third-order valence-electron chi connectivity index (χ3n) is 3.32. The molecule has 0 atom stereocenters. The van der Waals surface area contributed by atoms with Gasteiger partial charge in [-0.05, 0) is 13.3 Å². The number of rotatable bonds is 6. The Kier molecular flexibility index (Phi) is 5.37. The third kappa shape index (κ3) is 3.71. The van der Waals surface area contributed by atoms with Gasteiger partial charge in [0.2, 0.25) is 0 Å². The van der Waals surface area contributed by atoms with Crippen molar-refractivity contribution in [1.82, 2.24) is 14.5 Å². The number of carbonyl (C=O) groups excluding carboxylic acids is 1. The number of nitrogens with zero attached hydrogens (tertiary/aromatic N) is 3. The molecule has 0 radical (unpaired) electrons. The first-order chi connectivity index (χ1) is 9.72. The van der Waals surface area contributed by atoms with E-state index in [0.717, 1.165) is 45.8 Å². The molecule has 112 valence electrons. The van der Waals surface area contributed by atoms with Gasteiger partial charge in [0.15, 0.2) is 5.69 Å². The summed E-state index contributed by atoms with van der Waals surface area (Å²) in [5.41, 5.74) is 6.13. The highest BCUT2D eigenvalue weighted by atomic mass is 16.5. The van der Waals surface area contributed by atoms with Gasteiger partial charge >= 0.3 is 5.97 Å². The molecule has 0 amide bonds. The lowest BCUT2D eigenvalue weighted by Gasteiger charge is -2.26. The van der Waals surface area contributed by atoms with E-state index in [-0.39, 0.29) is 5.69 Å². The Morgan fingerprint density at radius 1 is 1.45 bits per heavy atom. The molecule has 0 aromatic carbocycles. The van der Waals surface area contributed by atoms with Crippen LogP contribution in [-0.2, 0) is 16.0 Å². The Labute approximate surface area is 118 Å². The molecule has 0 spiro atoms. The first-order valence-corrected chi connectivity index (χ1v) is 7.00. The molecule has 7 heteroatoms. The molecular weight excluding hydrogens is 260 g/mol. The molecule has 2 rings (SSSR count). The van der Waals surface area contributed by atoms with Crippen LogP contribution in [-0.4, -0.2) is 59.9 Å². The van der Waals surface area contributed by atoms with Crippen LogP contribution in [0, 0.1) is 0 Å². The first-order valence-electron chi connectivity index (χ1n) is 7.00. The van der Waals surface area contributed by atoms with Gasteiger partial charge < -0.3 is 19.8 Å². The van der Waals surface area contributed by atoms with Crippen molar-refractivity contribution in [3.8, 4) is 0 Å². The van der Waals surface area contributed by atoms with E-state index >= 15 is 0 Å². The maximum atomic E-state index is 11.6. The summed E-state index contributed by atoms with van der Waals surface area (Å²) < 4.78 is 12.0. The molecular formula is C13H22N4O3. The van der Waals surface area contributed by atoms with Gasteiger partial charge in [-0.2, -0.15) is 0 Å². The standard InChI is InChI=1S/C13H22N4O3/c1-2-20-13(18)11-12(14)17(10-15-11)5-3-4-16-6-8-19-9-7-16/h10H,2-9,14H2,1H3. The summed E-state index contributed by atoms with van der Waals surface area (Å²) in [6.45, 7) is 7.39. The average Bonchev–Trinajstić information content (AvgIpc) is 2.82. The van der Waals surface area contributed by atoms with E-state index in [1.165, 1.54) is 0 Å². The number of aromatic nitrogens is 2. The van der Waals surface area contributed by atoms with Crippen molar-refractivity contribution in [2.45, 2.75) is 19.9 Å². The maximum absolute atomic E-state index is 11.6. The fourth-order valence-corrected chi connectivity index (χ4v) is 2.22. The number of nitrogens with two attached hydrogens (primary N) is 1. The van der Waals surface area contributed by atoms with E-state index in [9.17, 15) is 4.79 Å². The van der Waals surface area contributed by atoms with Crippen LogP contribution in [0.5, 0.6) is 0 Å². The summed E-state index contributed by atoms with van der Waals surface area (Å²) in [6, 6.07) is 0. The smallest absolute Gasteiger partial charge is 0.360 e. The second-order valence-electron chi connectivity index (χ2n) is 4.70. The van der Waals surface area contributed by atoms with Crippen molar-refractivity contribution < 1.29 is 14.3 Å². The number of nitrogen functional groups attached to an aromatic ring is 1. The van der Waals surface area contributed by atoms with Crippen LogP contribution in [0.15, 0.2) is 6.33 Å². The largest absolute Gasteiger partial charge is 0.461 e. The van der Waals surface area contributed by atoms with Crippen LogP contribution in [0.3, 0.4) is 0 Å². The van der Waals surface area contributed by atoms with Crippen LogP contribution in [0.2, 0.25) is 0 Å². The van der Waals surface area contributed by atoms with Gasteiger partial charge in [0.25, 0.3) is 0 Å². The normalized spacial score (nSPS) is 16.2. The van der Waals surface area contributed by atoms with Gasteiger partial charge in [0, 0.05) is 26.2 Å². The molecule has 1 aromatic heterocycles. The molecule has 1 aromatic rings. The highest BCUT2D eigenvalue weighted by molar-refractivity contribution is 5.92. The van der Waals surface area contributed by atoms with Gasteiger partial charge in [-0.3, -0.25) is 4.90 Å². The Balaban J connectivity index is 1.82. The number of morpholine rings is 1. The fourth-order valence-electron chi connectivity index (χ4n) is 2.22. The first kappa shape index (κ1) is 14.8. The fraction of sp³-hybridized carbons (Fsp3) is 0.692. The topological polar surface area (TPSA) is 82.6 Å². The minimum Gasteiger partial charge on any atom is -0.461 e. The third-order valence-corrected chi connectivity index (χ3v) is 3.32. The van der Waals surface area contributed by atoms with E-state index in [1.807, 2.05) is 0 Å². The van der Waals surface area contributed by atoms with Gasteiger partial charge in [-0.15, -0.1) is 0 Å². The summed E-state index contributed by atoms with van der Waals surface area (Å²) in [4.78, 5) is 18.0. The van der Waals surface area contributed by atoms with Crippen LogP contribution in [0.1, 0.15) is 23.8 Å². The van der Waals surface area contributed by atoms with Crippen LogP contribution < -0.4 is 5.73 Å². The van der Waals surface area contributed by atoms with Crippen molar-refractivity contribution in [3.63, 3.8) is 0 Å². The van der Waals surface area contributed by atoms with E-state index in [0.29, 0.717) is 12.4 Å². The number of anilines is 1. The minimum absolute atomic E-state index is 0.207. The van der Waals surface area contributed by atoms with Crippen molar-refractivity contribution >= 4 is 11.8 Å². The number of aryl methyl sites for hydroxylation is 1.